The van der Waals surface area contributed by atoms with Gasteiger partial charge in [0.15, 0.2) is 0 Å². The summed E-state index contributed by atoms with van der Waals surface area (Å²) >= 11 is 0. The minimum Gasteiger partial charge on any atom is -0.481 e. The number of nitrogens with zero attached hydrogens (tertiary/aromatic N) is 4. The van der Waals surface area contributed by atoms with Gasteiger partial charge in [-0.15, -0.1) is 0 Å². The number of rotatable bonds is 14. The molecule has 0 bridgehead atoms. The second-order valence-corrected chi connectivity index (χ2v) is 18.0. The highest BCUT2D eigenvalue weighted by Crippen LogP contribution is 2.42. The number of carbonyl (C=O) groups is 2. The first-order chi connectivity index (χ1) is 34.1. The van der Waals surface area contributed by atoms with E-state index < -0.39 is 47.3 Å². The van der Waals surface area contributed by atoms with Crippen LogP contribution in [-0.2, 0) is 21.9 Å². The average Bonchev–Trinajstić information content (AvgIpc) is 4.06. The fourth-order valence-corrected chi connectivity index (χ4v) is 8.42. The predicted molar refractivity (Wildman–Crippen MR) is 260 cm³/mol. The predicted octanol–water partition coefficient (Wildman–Crippen LogP) is 15.2. The van der Waals surface area contributed by atoms with Crippen LogP contribution in [0.5, 0.6) is 0 Å². The standard InChI is InChI=1S/2C28H25F3N2O3/c2*1-16-6-4-5-7-22(16)23-13-12-21(15-24(23)28(29,30)31)26-32-25(33-36-26)20-10-8-19(9-11-20)17(2)14-18(3)27(34)35/h2*4-13,15,17-18H,14H2,1-3H3,(H,34,35)/t2*17-,18-/m10/s1. The molecule has 16 heteroatoms. The molecule has 6 aromatic carbocycles. The molecule has 72 heavy (non-hydrogen) atoms. The lowest BCUT2D eigenvalue weighted by Gasteiger charge is -2.15. The third kappa shape index (κ3) is 12.2. The Morgan fingerprint density at radius 1 is 0.486 bits per heavy atom. The fourth-order valence-electron chi connectivity index (χ4n) is 8.42. The van der Waals surface area contributed by atoms with Crippen LogP contribution in [0.1, 0.15) is 85.8 Å². The van der Waals surface area contributed by atoms with Gasteiger partial charge in [-0.25, -0.2) is 0 Å². The zero-order valence-electron chi connectivity index (χ0n) is 40.0. The number of aryl methyl sites for hydroxylation is 2. The van der Waals surface area contributed by atoms with Crippen molar-refractivity contribution in [2.45, 2.75) is 78.6 Å². The summed E-state index contributed by atoms with van der Waals surface area (Å²) in [5.74, 6) is -2.04. The molecule has 4 atom stereocenters. The molecule has 2 N–H and O–H groups in total. The van der Waals surface area contributed by atoms with Crippen LogP contribution in [0.15, 0.2) is 143 Å². The molecular weight excluding hydrogens is 939 g/mol. The topological polar surface area (TPSA) is 152 Å². The average molecular weight is 989 g/mol. The summed E-state index contributed by atoms with van der Waals surface area (Å²) in [6.07, 6.45) is -8.13. The summed E-state index contributed by atoms with van der Waals surface area (Å²) < 4.78 is 94.4. The maximum absolute atomic E-state index is 14.0. The fraction of sp³-hybridized carbons (Fsp3) is 0.250. The van der Waals surface area contributed by atoms with Crippen molar-refractivity contribution < 1.29 is 55.2 Å². The maximum Gasteiger partial charge on any atom is 0.417 e. The van der Waals surface area contributed by atoms with Crippen LogP contribution >= 0.6 is 0 Å². The Labute approximate surface area is 411 Å². The van der Waals surface area contributed by atoms with Gasteiger partial charge in [0.2, 0.25) is 11.6 Å². The molecule has 0 aliphatic carbocycles. The molecule has 8 rings (SSSR count). The molecule has 0 aliphatic heterocycles. The van der Waals surface area contributed by atoms with Crippen molar-refractivity contribution in [1.29, 1.82) is 0 Å². The van der Waals surface area contributed by atoms with Gasteiger partial charge in [0.1, 0.15) is 0 Å². The van der Waals surface area contributed by atoms with Gasteiger partial charge in [-0.05, 0) is 107 Å². The third-order valence-electron chi connectivity index (χ3n) is 12.6. The molecule has 0 unspecified atom stereocenters. The van der Waals surface area contributed by atoms with Crippen molar-refractivity contribution in [3.63, 3.8) is 0 Å². The summed E-state index contributed by atoms with van der Waals surface area (Å²) in [5.41, 5.74) is 4.69. The summed E-state index contributed by atoms with van der Waals surface area (Å²) in [6, 6.07) is 36.5. The van der Waals surface area contributed by atoms with Crippen molar-refractivity contribution in [3.05, 3.63) is 167 Å². The van der Waals surface area contributed by atoms with Crippen molar-refractivity contribution in [2.24, 2.45) is 11.8 Å². The molecule has 0 fully saturated rings. The molecule has 0 aliphatic rings. The molecule has 10 nitrogen and oxygen atoms in total. The number of aliphatic carboxylic acids is 2. The van der Waals surface area contributed by atoms with Gasteiger partial charge in [-0.1, -0.05) is 147 Å². The van der Waals surface area contributed by atoms with Crippen molar-refractivity contribution in [2.75, 3.05) is 0 Å². The molecular formula is C56H50F6N4O6. The smallest absolute Gasteiger partial charge is 0.417 e. The number of aromatic nitrogens is 4. The highest BCUT2D eigenvalue weighted by atomic mass is 19.4. The van der Waals surface area contributed by atoms with Crippen molar-refractivity contribution >= 4 is 11.9 Å². The summed E-state index contributed by atoms with van der Waals surface area (Å²) in [5, 5.41) is 26.1. The molecule has 8 aromatic rings. The van der Waals surface area contributed by atoms with Crippen LogP contribution in [0.25, 0.3) is 67.9 Å². The quantitative estimate of drug-likeness (QED) is 0.101. The molecule has 0 spiro atoms. The van der Waals surface area contributed by atoms with Crippen LogP contribution in [-0.4, -0.2) is 42.4 Å². The second kappa shape index (κ2) is 21.6. The molecule has 0 saturated heterocycles. The van der Waals surface area contributed by atoms with Gasteiger partial charge in [0.05, 0.1) is 23.0 Å². The zero-order valence-corrected chi connectivity index (χ0v) is 40.0. The number of benzene rings is 6. The second-order valence-electron chi connectivity index (χ2n) is 18.0. The zero-order chi connectivity index (χ0) is 52.1. The lowest BCUT2D eigenvalue weighted by atomic mass is 9.91. The summed E-state index contributed by atoms with van der Waals surface area (Å²) in [4.78, 5) is 30.9. The number of hydrogen-bond acceptors (Lipinski definition) is 8. The highest BCUT2D eigenvalue weighted by molar-refractivity contribution is 5.76. The van der Waals surface area contributed by atoms with Crippen LogP contribution in [0.4, 0.5) is 26.3 Å². The molecule has 0 radical (unpaired) electrons. The van der Waals surface area contributed by atoms with E-state index in [1.54, 1.807) is 113 Å². The van der Waals surface area contributed by atoms with E-state index in [1.807, 2.05) is 38.1 Å². The van der Waals surface area contributed by atoms with Crippen LogP contribution in [0.3, 0.4) is 0 Å². The van der Waals surface area contributed by atoms with Gasteiger partial charge in [-0.3, -0.25) is 9.59 Å². The van der Waals surface area contributed by atoms with Gasteiger partial charge in [-0.2, -0.15) is 36.3 Å². The van der Waals surface area contributed by atoms with E-state index in [4.69, 9.17) is 19.3 Å². The monoisotopic (exact) mass is 988 g/mol. The Morgan fingerprint density at radius 2 is 0.819 bits per heavy atom. The van der Waals surface area contributed by atoms with E-state index in [1.165, 1.54) is 12.1 Å². The van der Waals surface area contributed by atoms with Gasteiger partial charge < -0.3 is 19.3 Å². The summed E-state index contributed by atoms with van der Waals surface area (Å²) in [7, 11) is 0. The van der Waals surface area contributed by atoms with E-state index >= 15 is 0 Å². The Hall–Kier alpha value is -7.88. The molecule has 2 heterocycles. The lowest BCUT2D eigenvalue weighted by molar-refractivity contribution is -0.142. The van der Waals surface area contributed by atoms with E-state index in [-0.39, 0.29) is 57.5 Å². The first-order valence-corrected chi connectivity index (χ1v) is 23.0. The Morgan fingerprint density at radius 3 is 1.14 bits per heavy atom. The minimum absolute atomic E-state index is 0.0143. The van der Waals surface area contributed by atoms with Crippen molar-refractivity contribution in [3.8, 4) is 67.9 Å². The SMILES string of the molecule is Cc1ccccc1-c1ccc(-c2nc(-c3ccc([C@@H](C)C[C@H](C)C(=O)O)cc3)no2)cc1C(F)(F)F.Cc1ccccc1-c1ccc(-c2nc(-c3ccc([C@H](C)C[C@@H](C)C(=O)O)cc3)no2)cc1C(F)(F)F. The molecule has 0 amide bonds. The molecule has 0 saturated carbocycles. The number of hydrogen-bond donors (Lipinski definition) is 2. The van der Waals surface area contributed by atoms with Crippen LogP contribution in [0, 0.1) is 25.7 Å². The number of halogens is 6. The van der Waals surface area contributed by atoms with E-state index in [0.29, 0.717) is 35.1 Å². The number of carboxylic acids is 2. The van der Waals surface area contributed by atoms with Crippen LogP contribution in [0.2, 0.25) is 0 Å². The van der Waals surface area contributed by atoms with E-state index in [2.05, 4.69) is 20.3 Å². The lowest BCUT2D eigenvalue weighted by Crippen LogP contribution is -2.12. The highest BCUT2D eigenvalue weighted by Gasteiger charge is 2.36. The van der Waals surface area contributed by atoms with Crippen LogP contribution < -0.4 is 0 Å². The first kappa shape index (κ1) is 52.0. The molecule has 372 valence electrons. The van der Waals surface area contributed by atoms with Gasteiger partial charge >= 0.3 is 24.3 Å². The Balaban J connectivity index is 0.000000211. The normalized spacial score (nSPS) is 13.4. The largest absolute Gasteiger partial charge is 0.481 e. The Bertz CT molecular complexity index is 2970. The Kier molecular flexibility index (Phi) is 15.6. The third-order valence-corrected chi connectivity index (χ3v) is 12.6. The van der Waals surface area contributed by atoms with Gasteiger partial charge in [0.25, 0.3) is 11.8 Å². The molecule has 2 aromatic heterocycles. The maximum atomic E-state index is 14.0. The van der Waals surface area contributed by atoms with Gasteiger partial charge in [0, 0.05) is 22.3 Å². The minimum atomic E-state index is -4.57. The van der Waals surface area contributed by atoms with E-state index in [9.17, 15) is 35.9 Å². The van der Waals surface area contributed by atoms with Crippen molar-refractivity contribution in [1.82, 2.24) is 20.3 Å². The summed E-state index contributed by atoms with van der Waals surface area (Å²) in [6.45, 7) is 10.8. The first-order valence-electron chi connectivity index (χ1n) is 23.0. The number of carboxylic acid groups (broad SMARTS) is 2. The number of alkyl halides is 6. The van der Waals surface area contributed by atoms with E-state index in [0.717, 1.165) is 34.4 Å².